The van der Waals surface area contributed by atoms with Gasteiger partial charge in [0.2, 0.25) is 0 Å². The molecule has 0 spiro atoms. The molecule has 0 aliphatic heterocycles. The third kappa shape index (κ3) is 2.53. The average Bonchev–Trinajstić information content (AvgIpc) is 3.18. The van der Waals surface area contributed by atoms with Gasteiger partial charge in [0, 0.05) is 24.2 Å². The van der Waals surface area contributed by atoms with Crippen molar-refractivity contribution < 1.29 is 9.59 Å². The normalized spacial score (nSPS) is 21.4. The van der Waals surface area contributed by atoms with E-state index in [2.05, 4.69) is 10.3 Å². The molecule has 0 aromatic carbocycles. The van der Waals surface area contributed by atoms with Crippen molar-refractivity contribution in [2.45, 2.75) is 32.6 Å². The van der Waals surface area contributed by atoms with E-state index in [9.17, 15) is 14.4 Å². The lowest BCUT2D eigenvalue weighted by molar-refractivity contribution is 0.0950. The lowest BCUT2D eigenvalue weighted by Crippen LogP contribution is -2.33. The number of hydrogen-bond donors (Lipinski definition) is 2. The highest BCUT2D eigenvalue weighted by atomic mass is 16.2. The van der Waals surface area contributed by atoms with Crippen LogP contribution in [0.2, 0.25) is 0 Å². The van der Waals surface area contributed by atoms with E-state index in [1.807, 2.05) is 6.92 Å². The van der Waals surface area contributed by atoms with Gasteiger partial charge >= 0.3 is 0 Å². The minimum atomic E-state index is -0.404. The molecular weight excluding hydrogens is 256 g/mol. The quantitative estimate of drug-likeness (QED) is 0.871. The number of aromatic nitrogens is 1. The molecule has 1 saturated carbocycles. The minimum absolute atomic E-state index is 0.00578. The molecule has 5 nitrogen and oxygen atoms in total. The van der Waals surface area contributed by atoms with Crippen LogP contribution >= 0.6 is 0 Å². The van der Waals surface area contributed by atoms with Crippen molar-refractivity contribution >= 4 is 11.7 Å². The zero-order chi connectivity index (χ0) is 14.3. The number of amides is 1. The van der Waals surface area contributed by atoms with Gasteiger partial charge in [0.1, 0.15) is 5.56 Å². The maximum Gasteiger partial charge on any atom is 0.261 e. The smallest absolute Gasteiger partial charge is 0.261 e. The van der Waals surface area contributed by atoms with Gasteiger partial charge in [0.15, 0.2) is 5.78 Å². The van der Waals surface area contributed by atoms with E-state index in [1.165, 1.54) is 6.07 Å². The molecule has 20 heavy (non-hydrogen) atoms. The van der Waals surface area contributed by atoms with E-state index in [0.717, 1.165) is 12.8 Å². The van der Waals surface area contributed by atoms with Gasteiger partial charge in [-0.25, -0.2) is 0 Å². The number of carbonyl (C=O) groups excluding carboxylic acids is 2. The van der Waals surface area contributed by atoms with Crippen LogP contribution in [0.4, 0.5) is 0 Å². The third-order valence-corrected chi connectivity index (χ3v) is 4.00. The number of Topliss-reactive ketones (excluding diaryl/α,β-unsaturated/α-hetero) is 1. The number of ketones is 1. The largest absolute Gasteiger partial charge is 0.352 e. The zero-order valence-corrected chi connectivity index (χ0v) is 11.5. The topological polar surface area (TPSA) is 79.0 Å². The van der Waals surface area contributed by atoms with Crippen LogP contribution in [0.3, 0.4) is 0 Å². The number of carbonyl (C=O) groups is 2. The Kier molecular flexibility index (Phi) is 3.20. The van der Waals surface area contributed by atoms with Gasteiger partial charge in [-0.2, -0.15) is 0 Å². The van der Waals surface area contributed by atoms with E-state index >= 15 is 0 Å². The Labute approximate surface area is 116 Å². The molecule has 1 heterocycles. The van der Waals surface area contributed by atoms with Crippen molar-refractivity contribution in [2.24, 2.45) is 11.8 Å². The third-order valence-electron chi connectivity index (χ3n) is 4.00. The molecule has 0 bridgehead atoms. The molecule has 1 aromatic heterocycles. The summed E-state index contributed by atoms with van der Waals surface area (Å²) in [6, 6.07) is 1.46. The predicted octanol–water partition coefficient (Wildman–Crippen LogP) is 1.28. The first-order valence-electron chi connectivity index (χ1n) is 7.12. The Balaban J connectivity index is 1.88. The number of pyridine rings is 1. The lowest BCUT2D eigenvalue weighted by atomic mass is 9.86. The van der Waals surface area contributed by atoms with Gasteiger partial charge in [-0.3, -0.25) is 14.4 Å². The van der Waals surface area contributed by atoms with Gasteiger partial charge in [0.25, 0.3) is 11.5 Å². The number of nitrogens with one attached hydrogen (secondary N) is 2. The maximum atomic E-state index is 12.0. The molecule has 0 radical (unpaired) electrons. The maximum absolute atomic E-state index is 12.0. The van der Waals surface area contributed by atoms with Crippen molar-refractivity contribution in [1.29, 1.82) is 0 Å². The number of fused-ring (bicyclic) bond motifs is 1. The molecule has 5 heteroatoms. The van der Waals surface area contributed by atoms with Crippen molar-refractivity contribution in [1.82, 2.24) is 10.3 Å². The average molecular weight is 274 g/mol. The Bertz CT molecular complexity index is 628. The Morgan fingerprint density at radius 2 is 2.10 bits per heavy atom. The van der Waals surface area contributed by atoms with Crippen LogP contribution < -0.4 is 10.9 Å². The van der Waals surface area contributed by atoms with Crippen LogP contribution in [-0.2, 0) is 6.42 Å². The zero-order valence-electron chi connectivity index (χ0n) is 11.5. The molecule has 2 N–H and O–H groups in total. The molecule has 1 atom stereocenters. The molecule has 1 aromatic rings. The molecule has 2 aliphatic rings. The van der Waals surface area contributed by atoms with Crippen LogP contribution in [0.15, 0.2) is 10.9 Å². The summed E-state index contributed by atoms with van der Waals surface area (Å²) in [6.45, 7) is 2.59. The second kappa shape index (κ2) is 4.89. The number of aromatic amines is 1. The summed E-state index contributed by atoms with van der Waals surface area (Å²) >= 11 is 0. The fourth-order valence-electron chi connectivity index (χ4n) is 2.65. The summed E-state index contributed by atoms with van der Waals surface area (Å²) in [4.78, 5) is 38.7. The first kappa shape index (κ1) is 13.1. The van der Waals surface area contributed by atoms with Crippen LogP contribution in [0.1, 0.15) is 52.6 Å². The van der Waals surface area contributed by atoms with Crippen LogP contribution in [-0.4, -0.2) is 23.2 Å². The second-order valence-electron chi connectivity index (χ2n) is 5.99. The monoisotopic (exact) mass is 274 g/mol. The van der Waals surface area contributed by atoms with E-state index in [0.29, 0.717) is 36.6 Å². The fourth-order valence-corrected chi connectivity index (χ4v) is 2.65. The van der Waals surface area contributed by atoms with Crippen molar-refractivity contribution in [3.05, 3.63) is 33.2 Å². The first-order valence-corrected chi connectivity index (χ1v) is 7.12. The summed E-state index contributed by atoms with van der Waals surface area (Å²) in [5, 5.41) is 2.76. The standard InChI is InChI=1S/C15H18N2O3/c1-8-4-12-10(13(18)5-8)6-11(15(20)17-12)14(19)16-7-9-2-3-9/h6,8-9H,2-5,7H2,1H3,(H,16,19)(H,17,20)/t8-/m0/s1. The fraction of sp³-hybridized carbons (Fsp3) is 0.533. The van der Waals surface area contributed by atoms with E-state index < -0.39 is 5.56 Å². The summed E-state index contributed by atoms with van der Waals surface area (Å²) < 4.78 is 0. The molecule has 106 valence electrons. The van der Waals surface area contributed by atoms with Gasteiger partial charge in [-0.1, -0.05) is 6.92 Å². The molecular formula is C15H18N2O3. The first-order chi connectivity index (χ1) is 9.54. The van der Waals surface area contributed by atoms with Gasteiger partial charge in [-0.05, 0) is 37.2 Å². The Morgan fingerprint density at radius 3 is 2.80 bits per heavy atom. The van der Waals surface area contributed by atoms with Gasteiger partial charge < -0.3 is 10.3 Å². The number of H-pyrrole nitrogens is 1. The summed E-state index contributed by atoms with van der Waals surface area (Å²) in [5.74, 6) is 0.414. The highest BCUT2D eigenvalue weighted by Gasteiger charge is 2.26. The predicted molar refractivity (Wildman–Crippen MR) is 73.9 cm³/mol. The summed E-state index contributed by atoms with van der Waals surface area (Å²) in [5.41, 5.74) is 0.808. The van der Waals surface area contributed by atoms with Crippen LogP contribution in [0.25, 0.3) is 0 Å². The molecule has 3 rings (SSSR count). The van der Waals surface area contributed by atoms with Gasteiger partial charge in [-0.15, -0.1) is 0 Å². The number of rotatable bonds is 3. The van der Waals surface area contributed by atoms with Crippen molar-refractivity contribution in [3.8, 4) is 0 Å². The molecule has 0 saturated heterocycles. The highest BCUT2D eigenvalue weighted by Crippen LogP contribution is 2.27. The number of hydrogen-bond acceptors (Lipinski definition) is 3. The van der Waals surface area contributed by atoms with Gasteiger partial charge in [0.05, 0.1) is 0 Å². The van der Waals surface area contributed by atoms with E-state index in [-0.39, 0.29) is 23.2 Å². The molecule has 2 aliphatic carbocycles. The molecule has 1 amide bonds. The highest BCUT2D eigenvalue weighted by molar-refractivity contribution is 6.01. The van der Waals surface area contributed by atoms with Crippen LogP contribution in [0, 0.1) is 11.8 Å². The Hall–Kier alpha value is -1.91. The SMILES string of the molecule is C[C@@H]1CC(=O)c2cc(C(=O)NCC3CC3)c(=O)[nH]c2C1. The second-order valence-corrected chi connectivity index (χ2v) is 5.99. The summed E-state index contributed by atoms with van der Waals surface area (Å²) in [6.07, 6.45) is 3.43. The van der Waals surface area contributed by atoms with Crippen molar-refractivity contribution in [2.75, 3.05) is 6.54 Å². The van der Waals surface area contributed by atoms with Crippen molar-refractivity contribution in [3.63, 3.8) is 0 Å². The van der Waals surface area contributed by atoms with Crippen LogP contribution in [0.5, 0.6) is 0 Å². The van der Waals surface area contributed by atoms with E-state index in [4.69, 9.17) is 0 Å². The minimum Gasteiger partial charge on any atom is -0.352 e. The van der Waals surface area contributed by atoms with E-state index in [1.54, 1.807) is 0 Å². The molecule has 0 unspecified atom stereocenters. The lowest BCUT2D eigenvalue weighted by Gasteiger charge is -2.20. The Morgan fingerprint density at radius 1 is 1.35 bits per heavy atom. The molecule has 1 fully saturated rings. The summed E-state index contributed by atoms with van der Waals surface area (Å²) in [7, 11) is 0.